The minimum Gasteiger partial charge on any atom is -0.466 e. The van der Waals surface area contributed by atoms with Crippen LogP contribution in [0.15, 0.2) is 27.8 Å². The molecule has 1 aromatic heterocycles. The van der Waals surface area contributed by atoms with Gasteiger partial charge in [0.25, 0.3) is 5.91 Å². The number of urea groups is 1. The highest BCUT2D eigenvalue weighted by molar-refractivity contribution is 6.25. The summed E-state index contributed by atoms with van der Waals surface area (Å²) in [5.41, 5.74) is 0. The Bertz CT molecular complexity index is 736. The molecule has 3 amide bonds. The Morgan fingerprint density at radius 1 is 1.35 bits per heavy atom. The zero-order valence-electron chi connectivity index (χ0n) is 13.1. The van der Waals surface area contributed by atoms with Crippen molar-refractivity contribution in [3.8, 4) is 0 Å². The fourth-order valence-electron chi connectivity index (χ4n) is 3.34. The standard InChI is InChI=1S/C15H18N5O3/c1-17-12-11(13(21)18(2)15(17)22)20-7-4-6-19(14(20)16-12)9-10-5-3-8-23-10/h3,5,8,11H,4,6-7,9H2,1-2H3/q+1. The molecule has 1 aromatic rings. The number of furan rings is 1. The van der Waals surface area contributed by atoms with Crippen LogP contribution in [-0.4, -0.2) is 76.2 Å². The SMILES string of the molecule is CN1C(=O)C2C(=NC3=[N+](Cc4ccco4)CCCN32)N(C)C1=O. The molecule has 120 valence electrons. The molecule has 1 fully saturated rings. The number of aliphatic imine (C=N–C) groups is 1. The molecule has 1 unspecified atom stereocenters. The molecule has 0 N–H and O–H groups in total. The summed E-state index contributed by atoms with van der Waals surface area (Å²) in [4.78, 5) is 33.9. The van der Waals surface area contributed by atoms with E-state index in [9.17, 15) is 9.59 Å². The van der Waals surface area contributed by atoms with Crippen molar-refractivity contribution < 1.29 is 18.6 Å². The molecule has 0 saturated carbocycles. The van der Waals surface area contributed by atoms with E-state index in [-0.39, 0.29) is 11.9 Å². The highest BCUT2D eigenvalue weighted by atomic mass is 16.3. The maximum Gasteiger partial charge on any atom is 0.392 e. The lowest BCUT2D eigenvalue weighted by molar-refractivity contribution is -0.556. The Labute approximate surface area is 133 Å². The van der Waals surface area contributed by atoms with E-state index < -0.39 is 6.04 Å². The maximum atomic E-state index is 12.5. The first kappa shape index (κ1) is 14.0. The Kier molecular flexibility index (Phi) is 3.00. The van der Waals surface area contributed by atoms with Crippen molar-refractivity contribution in [1.82, 2.24) is 14.7 Å². The molecule has 0 radical (unpaired) electrons. The lowest BCUT2D eigenvalue weighted by atomic mass is 10.1. The number of likely N-dealkylation sites (N-methyl/N-ethyl adjacent to an activating group) is 2. The molecule has 0 aromatic carbocycles. The quantitative estimate of drug-likeness (QED) is 0.729. The van der Waals surface area contributed by atoms with Gasteiger partial charge in [-0.05, 0) is 12.1 Å². The third kappa shape index (κ3) is 1.97. The second kappa shape index (κ2) is 4.94. The first-order valence-corrected chi connectivity index (χ1v) is 7.62. The summed E-state index contributed by atoms with van der Waals surface area (Å²) in [6, 6.07) is 2.93. The minimum absolute atomic E-state index is 0.221. The van der Waals surface area contributed by atoms with Crippen LogP contribution in [0.3, 0.4) is 0 Å². The summed E-state index contributed by atoms with van der Waals surface area (Å²) in [5.74, 6) is 1.89. The predicted octanol–water partition coefficient (Wildman–Crippen LogP) is 0.158. The van der Waals surface area contributed by atoms with Crippen LogP contribution in [0.5, 0.6) is 0 Å². The summed E-state index contributed by atoms with van der Waals surface area (Å²) >= 11 is 0. The minimum atomic E-state index is -0.503. The van der Waals surface area contributed by atoms with Crippen molar-refractivity contribution in [1.29, 1.82) is 0 Å². The second-order valence-corrected chi connectivity index (χ2v) is 5.96. The first-order valence-electron chi connectivity index (χ1n) is 7.62. The average molecular weight is 316 g/mol. The summed E-state index contributed by atoms with van der Waals surface area (Å²) in [6.07, 6.45) is 2.57. The molecule has 4 rings (SSSR count). The van der Waals surface area contributed by atoms with E-state index in [0.29, 0.717) is 12.4 Å². The van der Waals surface area contributed by atoms with Crippen LogP contribution in [-0.2, 0) is 11.3 Å². The van der Waals surface area contributed by atoms with Gasteiger partial charge < -0.3 is 4.42 Å². The van der Waals surface area contributed by atoms with Crippen molar-refractivity contribution >= 4 is 23.7 Å². The number of hydrogen-bond acceptors (Lipinski definition) is 5. The Morgan fingerprint density at radius 3 is 2.91 bits per heavy atom. The van der Waals surface area contributed by atoms with Gasteiger partial charge in [-0.25, -0.2) is 9.69 Å². The van der Waals surface area contributed by atoms with Gasteiger partial charge >= 0.3 is 12.0 Å². The van der Waals surface area contributed by atoms with Crippen LogP contribution in [0.25, 0.3) is 0 Å². The third-order valence-electron chi connectivity index (χ3n) is 4.55. The van der Waals surface area contributed by atoms with E-state index in [1.54, 1.807) is 13.3 Å². The van der Waals surface area contributed by atoms with Crippen LogP contribution in [0, 0.1) is 0 Å². The maximum absolute atomic E-state index is 12.5. The molecule has 0 aliphatic carbocycles. The fraction of sp³-hybridized carbons (Fsp3) is 0.467. The average Bonchev–Trinajstić information content (AvgIpc) is 3.18. The van der Waals surface area contributed by atoms with Gasteiger partial charge in [0, 0.05) is 20.5 Å². The molecule has 8 heteroatoms. The molecule has 1 atom stereocenters. The van der Waals surface area contributed by atoms with Gasteiger partial charge in [0.1, 0.15) is 12.3 Å². The number of guanidine groups is 1. The molecular weight excluding hydrogens is 298 g/mol. The zero-order valence-corrected chi connectivity index (χ0v) is 13.1. The number of carbonyl (C=O) groups excluding carboxylic acids is 2. The van der Waals surface area contributed by atoms with Crippen molar-refractivity contribution in [2.45, 2.75) is 19.0 Å². The van der Waals surface area contributed by atoms with Crippen molar-refractivity contribution in [2.75, 3.05) is 27.2 Å². The van der Waals surface area contributed by atoms with Crippen LogP contribution >= 0.6 is 0 Å². The van der Waals surface area contributed by atoms with Crippen molar-refractivity contribution in [3.63, 3.8) is 0 Å². The van der Waals surface area contributed by atoms with E-state index in [4.69, 9.17) is 4.42 Å². The number of nitrogens with zero attached hydrogens (tertiary/aromatic N) is 5. The number of hydrogen-bond donors (Lipinski definition) is 0. The van der Waals surface area contributed by atoms with Gasteiger partial charge in [-0.15, -0.1) is 0 Å². The zero-order chi connectivity index (χ0) is 16.1. The summed E-state index contributed by atoms with van der Waals surface area (Å²) in [6.45, 7) is 2.20. The summed E-state index contributed by atoms with van der Waals surface area (Å²) in [7, 11) is 3.17. The number of carbonyl (C=O) groups is 2. The first-order chi connectivity index (χ1) is 11.1. The molecule has 3 aliphatic heterocycles. The topological polar surface area (TPSA) is 72.4 Å². The molecule has 3 aliphatic rings. The summed E-state index contributed by atoms with van der Waals surface area (Å²) in [5, 5.41) is 0. The molecule has 8 nitrogen and oxygen atoms in total. The van der Waals surface area contributed by atoms with Gasteiger partial charge in [0.05, 0.1) is 19.4 Å². The van der Waals surface area contributed by atoms with E-state index >= 15 is 0 Å². The van der Waals surface area contributed by atoms with Gasteiger partial charge in [0.15, 0.2) is 0 Å². The Hall–Kier alpha value is -2.64. The second-order valence-electron chi connectivity index (χ2n) is 5.96. The predicted molar refractivity (Wildman–Crippen MR) is 81.0 cm³/mol. The normalized spacial score (nSPS) is 24.2. The number of rotatable bonds is 2. The van der Waals surface area contributed by atoms with E-state index in [1.807, 2.05) is 17.0 Å². The summed E-state index contributed by atoms with van der Waals surface area (Å²) < 4.78 is 7.51. The fourth-order valence-corrected chi connectivity index (χ4v) is 3.34. The number of fused-ring (bicyclic) bond motifs is 3. The lowest BCUT2D eigenvalue weighted by Gasteiger charge is -2.33. The molecule has 4 heterocycles. The monoisotopic (exact) mass is 316 g/mol. The Balaban J connectivity index is 1.75. The van der Waals surface area contributed by atoms with Crippen molar-refractivity contribution in [2.24, 2.45) is 4.99 Å². The third-order valence-corrected chi connectivity index (χ3v) is 4.55. The highest BCUT2D eigenvalue weighted by Gasteiger charge is 2.55. The van der Waals surface area contributed by atoms with Crippen LogP contribution in [0.2, 0.25) is 0 Å². The van der Waals surface area contributed by atoms with Crippen molar-refractivity contribution in [3.05, 3.63) is 24.2 Å². The lowest BCUT2D eigenvalue weighted by Crippen LogP contribution is -2.63. The highest BCUT2D eigenvalue weighted by Crippen LogP contribution is 2.25. The van der Waals surface area contributed by atoms with Gasteiger partial charge in [0.2, 0.25) is 11.9 Å². The largest absolute Gasteiger partial charge is 0.466 e. The number of amides is 3. The Morgan fingerprint density at radius 2 is 2.17 bits per heavy atom. The van der Waals surface area contributed by atoms with Crippen LogP contribution in [0.1, 0.15) is 12.2 Å². The van der Waals surface area contributed by atoms with E-state index in [2.05, 4.69) is 9.57 Å². The smallest absolute Gasteiger partial charge is 0.392 e. The molecule has 0 spiro atoms. The molecule has 23 heavy (non-hydrogen) atoms. The van der Waals surface area contributed by atoms with Gasteiger partial charge in [-0.1, -0.05) is 4.99 Å². The van der Waals surface area contributed by atoms with E-state index in [1.165, 1.54) is 11.9 Å². The molecule has 1 saturated heterocycles. The van der Waals surface area contributed by atoms with Crippen LogP contribution < -0.4 is 0 Å². The number of amidine groups is 1. The van der Waals surface area contributed by atoms with Gasteiger partial charge in [-0.3, -0.25) is 19.2 Å². The molecule has 0 bridgehead atoms. The van der Waals surface area contributed by atoms with E-state index in [0.717, 1.165) is 36.1 Å². The van der Waals surface area contributed by atoms with Gasteiger partial charge in [-0.2, -0.15) is 0 Å². The van der Waals surface area contributed by atoms with Crippen LogP contribution in [0.4, 0.5) is 4.79 Å². The number of imide groups is 1. The molecular formula is C15H18N5O3+.